The Bertz CT molecular complexity index is 610. The molecule has 2 rings (SSSR count). The van der Waals surface area contributed by atoms with Crippen LogP contribution in [0.15, 0.2) is 18.2 Å². The first kappa shape index (κ1) is 13.0. The number of aliphatic hydroxyl groups excluding tert-OH is 1. The van der Waals surface area contributed by atoms with Crippen molar-refractivity contribution in [3.63, 3.8) is 0 Å². The molecule has 0 fully saturated rings. The minimum atomic E-state index is -1.09. The van der Waals surface area contributed by atoms with Crippen LogP contribution in [0.5, 0.6) is 0 Å². The number of rotatable bonds is 4. The Kier molecular flexibility index (Phi) is 3.71. The average Bonchev–Trinajstić information content (AvgIpc) is 2.90. The van der Waals surface area contributed by atoms with Crippen LogP contribution >= 0.6 is 0 Å². The SMILES string of the molecule is COC(=O)C(CO)NC(=O)c1ccc2n[nH]nc2c1. The van der Waals surface area contributed by atoms with Crippen molar-refractivity contribution < 1.29 is 19.4 Å². The van der Waals surface area contributed by atoms with E-state index in [2.05, 4.69) is 25.5 Å². The van der Waals surface area contributed by atoms with E-state index in [0.29, 0.717) is 16.6 Å². The second kappa shape index (κ2) is 5.44. The van der Waals surface area contributed by atoms with Crippen LogP contribution < -0.4 is 5.32 Å². The standard InChI is InChI=1S/C11H12N4O4/c1-19-11(18)9(5-16)12-10(17)6-2-3-7-8(4-6)14-15-13-7/h2-4,9,16H,5H2,1H3,(H,12,17)(H,13,14,15). The zero-order chi connectivity index (χ0) is 13.8. The molecule has 0 aliphatic carbocycles. The number of nitrogens with zero attached hydrogens (tertiary/aromatic N) is 2. The molecule has 8 nitrogen and oxygen atoms in total. The van der Waals surface area contributed by atoms with Crippen molar-refractivity contribution in [2.24, 2.45) is 0 Å². The summed E-state index contributed by atoms with van der Waals surface area (Å²) < 4.78 is 4.46. The lowest BCUT2D eigenvalue weighted by Crippen LogP contribution is -2.44. The summed E-state index contributed by atoms with van der Waals surface area (Å²) in [4.78, 5) is 23.2. The van der Waals surface area contributed by atoms with Gasteiger partial charge in [0.2, 0.25) is 0 Å². The summed E-state index contributed by atoms with van der Waals surface area (Å²) in [6.07, 6.45) is 0. The van der Waals surface area contributed by atoms with Crippen molar-refractivity contribution in [3.8, 4) is 0 Å². The Morgan fingerprint density at radius 3 is 2.84 bits per heavy atom. The van der Waals surface area contributed by atoms with E-state index >= 15 is 0 Å². The van der Waals surface area contributed by atoms with Crippen molar-refractivity contribution >= 4 is 22.9 Å². The number of aromatic nitrogens is 3. The van der Waals surface area contributed by atoms with Gasteiger partial charge in [0, 0.05) is 5.56 Å². The lowest BCUT2D eigenvalue weighted by atomic mass is 10.1. The minimum absolute atomic E-state index is 0.309. The molecule has 2 aromatic rings. The number of carbonyl (C=O) groups excluding carboxylic acids is 2. The van der Waals surface area contributed by atoms with Crippen LogP contribution in [-0.4, -0.2) is 52.2 Å². The fraction of sp³-hybridized carbons (Fsp3) is 0.273. The number of H-pyrrole nitrogens is 1. The fourth-order valence-corrected chi connectivity index (χ4v) is 1.54. The molecule has 0 saturated heterocycles. The van der Waals surface area contributed by atoms with E-state index in [4.69, 9.17) is 5.11 Å². The number of methoxy groups -OCH3 is 1. The van der Waals surface area contributed by atoms with E-state index in [-0.39, 0.29) is 0 Å². The van der Waals surface area contributed by atoms with Crippen molar-refractivity contribution in [2.45, 2.75) is 6.04 Å². The molecule has 0 spiro atoms. The molecule has 8 heteroatoms. The Morgan fingerprint density at radius 2 is 2.16 bits per heavy atom. The molecule has 100 valence electrons. The van der Waals surface area contributed by atoms with Gasteiger partial charge in [-0.15, -0.1) is 0 Å². The highest BCUT2D eigenvalue weighted by Gasteiger charge is 2.21. The normalized spacial score (nSPS) is 12.1. The predicted molar refractivity (Wildman–Crippen MR) is 64.2 cm³/mol. The lowest BCUT2D eigenvalue weighted by Gasteiger charge is -2.13. The molecule has 3 N–H and O–H groups in total. The van der Waals surface area contributed by atoms with E-state index in [1.165, 1.54) is 13.2 Å². The molecule has 0 saturated carbocycles. The topological polar surface area (TPSA) is 117 Å². The number of aromatic amines is 1. The summed E-state index contributed by atoms with van der Waals surface area (Å²) in [5.74, 6) is -1.22. The number of benzene rings is 1. The second-order valence-corrected chi connectivity index (χ2v) is 3.76. The fourth-order valence-electron chi connectivity index (χ4n) is 1.54. The van der Waals surface area contributed by atoms with Gasteiger partial charge in [-0.3, -0.25) is 4.79 Å². The van der Waals surface area contributed by atoms with E-state index < -0.39 is 24.5 Å². The Morgan fingerprint density at radius 1 is 1.42 bits per heavy atom. The summed E-state index contributed by atoms with van der Waals surface area (Å²) in [5.41, 5.74) is 1.47. The Labute approximate surface area is 107 Å². The number of ether oxygens (including phenoxy) is 1. The average molecular weight is 264 g/mol. The van der Waals surface area contributed by atoms with E-state index in [1.54, 1.807) is 12.1 Å². The molecule has 1 aromatic heterocycles. The van der Waals surface area contributed by atoms with Gasteiger partial charge >= 0.3 is 5.97 Å². The first-order valence-corrected chi connectivity index (χ1v) is 5.45. The number of aliphatic hydroxyl groups is 1. The van der Waals surface area contributed by atoms with Gasteiger partial charge in [-0.05, 0) is 18.2 Å². The zero-order valence-electron chi connectivity index (χ0n) is 10.1. The maximum atomic E-state index is 11.9. The Hall–Kier alpha value is -2.48. The number of esters is 1. The number of amides is 1. The summed E-state index contributed by atoms with van der Waals surface area (Å²) in [6, 6.07) is 3.61. The summed E-state index contributed by atoms with van der Waals surface area (Å²) >= 11 is 0. The molecule has 1 amide bonds. The molecule has 0 aliphatic rings. The van der Waals surface area contributed by atoms with Crippen LogP contribution in [0, 0.1) is 0 Å². The van der Waals surface area contributed by atoms with Gasteiger partial charge in [0.05, 0.1) is 13.7 Å². The highest BCUT2D eigenvalue weighted by molar-refractivity contribution is 5.99. The first-order chi connectivity index (χ1) is 9.15. The van der Waals surface area contributed by atoms with Gasteiger partial charge in [-0.2, -0.15) is 15.4 Å². The van der Waals surface area contributed by atoms with Crippen molar-refractivity contribution in [2.75, 3.05) is 13.7 Å². The molecule has 0 radical (unpaired) electrons. The molecule has 1 aromatic carbocycles. The molecule has 0 bridgehead atoms. The van der Waals surface area contributed by atoms with Crippen LogP contribution in [0.3, 0.4) is 0 Å². The number of fused-ring (bicyclic) bond motifs is 1. The number of hydrogen-bond donors (Lipinski definition) is 3. The van der Waals surface area contributed by atoms with E-state index in [1.807, 2.05) is 0 Å². The van der Waals surface area contributed by atoms with E-state index in [9.17, 15) is 9.59 Å². The largest absolute Gasteiger partial charge is 0.467 e. The molecule has 1 atom stereocenters. The van der Waals surface area contributed by atoms with Crippen LogP contribution in [-0.2, 0) is 9.53 Å². The Balaban J connectivity index is 2.16. The predicted octanol–water partition coefficient (Wildman–Crippen LogP) is -0.778. The maximum absolute atomic E-state index is 11.9. The molecule has 0 aliphatic heterocycles. The highest BCUT2D eigenvalue weighted by atomic mass is 16.5. The molecule has 19 heavy (non-hydrogen) atoms. The molecular formula is C11H12N4O4. The lowest BCUT2D eigenvalue weighted by molar-refractivity contribution is -0.143. The highest BCUT2D eigenvalue weighted by Crippen LogP contribution is 2.10. The van der Waals surface area contributed by atoms with Gasteiger partial charge in [0.15, 0.2) is 6.04 Å². The summed E-state index contributed by atoms with van der Waals surface area (Å²) in [5, 5.41) is 21.5. The second-order valence-electron chi connectivity index (χ2n) is 3.76. The third-order valence-corrected chi connectivity index (χ3v) is 2.55. The molecular weight excluding hydrogens is 252 g/mol. The maximum Gasteiger partial charge on any atom is 0.330 e. The number of hydrogen-bond acceptors (Lipinski definition) is 6. The van der Waals surface area contributed by atoms with Gasteiger partial charge in [0.1, 0.15) is 11.0 Å². The molecule has 1 unspecified atom stereocenters. The van der Waals surface area contributed by atoms with Gasteiger partial charge in [0.25, 0.3) is 5.91 Å². The van der Waals surface area contributed by atoms with Gasteiger partial charge in [-0.1, -0.05) is 0 Å². The van der Waals surface area contributed by atoms with Crippen molar-refractivity contribution in [1.29, 1.82) is 0 Å². The van der Waals surface area contributed by atoms with Crippen molar-refractivity contribution in [1.82, 2.24) is 20.7 Å². The quantitative estimate of drug-likeness (QED) is 0.624. The van der Waals surface area contributed by atoms with Crippen LogP contribution in [0.25, 0.3) is 11.0 Å². The first-order valence-electron chi connectivity index (χ1n) is 5.45. The van der Waals surface area contributed by atoms with Crippen LogP contribution in [0.2, 0.25) is 0 Å². The van der Waals surface area contributed by atoms with E-state index in [0.717, 1.165) is 0 Å². The van der Waals surface area contributed by atoms with Gasteiger partial charge in [-0.25, -0.2) is 4.79 Å². The monoisotopic (exact) mass is 264 g/mol. The summed E-state index contributed by atoms with van der Waals surface area (Å²) in [6.45, 7) is -0.537. The summed E-state index contributed by atoms with van der Waals surface area (Å²) in [7, 11) is 1.18. The third-order valence-electron chi connectivity index (χ3n) is 2.55. The number of nitrogens with one attached hydrogen (secondary N) is 2. The smallest absolute Gasteiger partial charge is 0.330 e. The third kappa shape index (κ3) is 2.68. The number of carbonyl (C=O) groups is 2. The molecule has 1 heterocycles. The van der Waals surface area contributed by atoms with Crippen molar-refractivity contribution in [3.05, 3.63) is 23.8 Å². The van der Waals surface area contributed by atoms with Crippen LogP contribution in [0.1, 0.15) is 10.4 Å². The zero-order valence-corrected chi connectivity index (χ0v) is 10.1. The van der Waals surface area contributed by atoms with Crippen LogP contribution in [0.4, 0.5) is 0 Å². The van der Waals surface area contributed by atoms with Gasteiger partial charge < -0.3 is 15.2 Å². The minimum Gasteiger partial charge on any atom is -0.467 e.